The number of hydrogen-bond donors (Lipinski definition) is 0. The SMILES string of the molecule is CCOC(=O)C1CCN(S(=O)(=O)c2cc(N3C(=O)CCS3(=O)=O)ccc2OCC)CC1. The van der Waals surface area contributed by atoms with E-state index >= 15 is 0 Å². The van der Waals surface area contributed by atoms with Gasteiger partial charge in [-0.3, -0.25) is 9.59 Å². The van der Waals surface area contributed by atoms with Crippen LogP contribution in [0.4, 0.5) is 5.69 Å². The lowest BCUT2D eigenvalue weighted by atomic mass is 9.98. The van der Waals surface area contributed by atoms with Gasteiger partial charge in [0.1, 0.15) is 10.6 Å². The predicted octanol–water partition coefficient (Wildman–Crippen LogP) is 1.12. The minimum atomic E-state index is -4.06. The predicted molar refractivity (Wildman–Crippen MR) is 112 cm³/mol. The normalized spacial score (nSPS) is 20.1. The van der Waals surface area contributed by atoms with Crippen molar-refractivity contribution in [3.8, 4) is 5.75 Å². The Bertz CT molecular complexity index is 1060. The molecule has 2 aliphatic rings. The summed E-state index contributed by atoms with van der Waals surface area (Å²) < 4.78 is 63.7. The largest absolute Gasteiger partial charge is 0.492 e. The van der Waals surface area contributed by atoms with E-state index < -0.39 is 26.0 Å². The fraction of sp³-hybridized carbons (Fsp3) is 0.579. The molecule has 0 aliphatic carbocycles. The maximum absolute atomic E-state index is 13.4. The zero-order valence-electron chi connectivity index (χ0n) is 17.4. The number of amides is 1. The van der Waals surface area contributed by atoms with Crippen LogP contribution >= 0.6 is 0 Å². The topological polar surface area (TPSA) is 127 Å². The van der Waals surface area contributed by atoms with E-state index in [0.717, 1.165) is 0 Å². The molecule has 12 heteroatoms. The van der Waals surface area contributed by atoms with Crippen LogP contribution in [0.2, 0.25) is 0 Å². The van der Waals surface area contributed by atoms with Crippen molar-refractivity contribution in [3.63, 3.8) is 0 Å². The summed E-state index contributed by atoms with van der Waals surface area (Å²) in [7, 11) is -7.90. The molecule has 2 heterocycles. The third-order valence-electron chi connectivity index (χ3n) is 5.23. The molecular formula is C19H26N2O8S2. The van der Waals surface area contributed by atoms with Crippen LogP contribution in [0.15, 0.2) is 23.1 Å². The van der Waals surface area contributed by atoms with Crippen LogP contribution in [-0.4, -0.2) is 65.1 Å². The first kappa shape index (κ1) is 23.5. The standard InChI is InChI=1S/C19H26N2O8S2/c1-3-28-16-6-5-15(21-18(22)9-12-30(21,24)25)13-17(16)31(26,27)20-10-7-14(8-11-20)19(23)29-4-2/h5-6,13-14H,3-4,7-12H2,1-2H3. The molecule has 0 atom stereocenters. The monoisotopic (exact) mass is 474 g/mol. The highest BCUT2D eigenvalue weighted by Gasteiger charge is 2.39. The summed E-state index contributed by atoms with van der Waals surface area (Å²) in [5.74, 6) is -1.56. The zero-order valence-corrected chi connectivity index (χ0v) is 19.1. The van der Waals surface area contributed by atoms with E-state index in [2.05, 4.69) is 0 Å². The second-order valence-corrected chi connectivity index (χ2v) is 11.1. The highest BCUT2D eigenvalue weighted by atomic mass is 32.2. The number of carbonyl (C=O) groups is 2. The maximum Gasteiger partial charge on any atom is 0.309 e. The summed E-state index contributed by atoms with van der Waals surface area (Å²) in [4.78, 5) is 23.9. The number of nitrogens with zero attached hydrogens (tertiary/aromatic N) is 2. The Morgan fingerprint density at radius 3 is 2.39 bits per heavy atom. The molecule has 2 fully saturated rings. The number of piperidine rings is 1. The van der Waals surface area contributed by atoms with Crippen LogP contribution in [-0.2, 0) is 34.4 Å². The molecular weight excluding hydrogens is 448 g/mol. The van der Waals surface area contributed by atoms with Crippen molar-refractivity contribution in [1.82, 2.24) is 4.31 Å². The van der Waals surface area contributed by atoms with Crippen molar-refractivity contribution >= 4 is 37.6 Å². The van der Waals surface area contributed by atoms with Gasteiger partial charge in [-0.1, -0.05) is 0 Å². The quantitative estimate of drug-likeness (QED) is 0.538. The molecule has 1 aromatic rings. The maximum atomic E-state index is 13.4. The second-order valence-electron chi connectivity index (χ2n) is 7.22. The Labute approximate surface area is 182 Å². The molecule has 1 amide bonds. The summed E-state index contributed by atoms with van der Waals surface area (Å²) >= 11 is 0. The molecule has 172 valence electrons. The molecule has 10 nitrogen and oxygen atoms in total. The Morgan fingerprint density at radius 2 is 1.84 bits per heavy atom. The molecule has 0 spiro atoms. The summed E-state index contributed by atoms with van der Waals surface area (Å²) in [6.45, 7) is 4.10. The zero-order chi connectivity index (χ0) is 22.8. The first-order valence-electron chi connectivity index (χ1n) is 10.1. The summed E-state index contributed by atoms with van der Waals surface area (Å²) in [6.07, 6.45) is 0.487. The Kier molecular flexibility index (Phi) is 6.92. The highest BCUT2D eigenvalue weighted by molar-refractivity contribution is 7.94. The molecule has 1 aromatic carbocycles. The van der Waals surface area contributed by atoms with Gasteiger partial charge in [0.15, 0.2) is 0 Å². The number of benzene rings is 1. The Morgan fingerprint density at radius 1 is 1.16 bits per heavy atom. The average molecular weight is 475 g/mol. The van der Waals surface area contributed by atoms with Gasteiger partial charge in [0.05, 0.1) is 30.6 Å². The van der Waals surface area contributed by atoms with Gasteiger partial charge in [0.25, 0.3) is 0 Å². The van der Waals surface area contributed by atoms with E-state index in [-0.39, 0.29) is 66.7 Å². The van der Waals surface area contributed by atoms with Gasteiger partial charge in [-0.25, -0.2) is 21.1 Å². The number of esters is 1. The summed E-state index contributed by atoms with van der Waals surface area (Å²) in [5, 5.41) is 0. The van der Waals surface area contributed by atoms with Crippen LogP contribution in [0.1, 0.15) is 33.1 Å². The number of rotatable bonds is 7. The van der Waals surface area contributed by atoms with E-state index in [9.17, 15) is 26.4 Å². The van der Waals surface area contributed by atoms with Gasteiger partial charge in [0, 0.05) is 19.5 Å². The van der Waals surface area contributed by atoms with Gasteiger partial charge in [-0.2, -0.15) is 4.31 Å². The number of carbonyl (C=O) groups excluding carboxylic acids is 2. The van der Waals surface area contributed by atoms with Crippen molar-refractivity contribution in [3.05, 3.63) is 18.2 Å². The van der Waals surface area contributed by atoms with Crippen molar-refractivity contribution in [2.24, 2.45) is 5.92 Å². The molecule has 3 rings (SSSR count). The number of hydrogen-bond acceptors (Lipinski definition) is 8. The van der Waals surface area contributed by atoms with Crippen LogP contribution < -0.4 is 9.04 Å². The lowest BCUT2D eigenvalue weighted by Gasteiger charge is -2.30. The molecule has 0 saturated carbocycles. The van der Waals surface area contributed by atoms with Gasteiger partial charge in [-0.15, -0.1) is 0 Å². The fourth-order valence-corrected chi connectivity index (χ4v) is 6.77. The molecule has 0 aromatic heterocycles. The van der Waals surface area contributed by atoms with Gasteiger partial charge in [0.2, 0.25) is 26.0 Å². The molecule has 0 bridgehead atoms. The first-order valence-corrected chi connectivity index (χ1v) is 13.2. The van der Waals surface area contributed by atoms with Gasteiger partial charge >= 0.3 is 5.97 Å². The second kappa shape index (κ2) is 9.13. The molecule has 0 radical (unpaired) electrons. The third-order valence-corrected chi connectivity index (χ3v) is 8.84. The third kappa shape index (κ3) is 4.70. The van der Waals surface area contributed by atoms with Crippen molar-refractivity contribution in [1.29, 1.82) is 0 Å². The first-order chi connectivity index (χ1) is 14.6. The fourth-order valence-electron chi connectivity index (χ4n) is 3.70. The minimum Gasteiger partial charge on any atom is -0.492 e. The number of ether oxygens (including phenoxy) is 2. The number of sulfonamides is 2. The summed E-state index contributed by atoms with van der Waals surface area (Å²) in [6, 6.07) is 3.88. The van der Waals surface area contributed by atoms with E-state index in [4.69, 9.17) is 9.47 Å². The van der Waals surface area contributed by atoms with Crippen LogP contribution in [0, 0.1) is 5.92 Å². The lowest BCUT2D eigenvalue weighted by molar-refractivity contribution is -0.149. The van der Waals surface area contributed by atoms with Crippen LogP contribution in [0.3, 0.4) is 0 Å². The lowest BCUT2D eigenvalue weighted by Crippen LogP contribution is -2.40. The van der Waals surface area contributed by atoms with E-state index in [1.165, 1.54) is 22.5 Å². The van der Waals surface area contributed by atoms with Crippen LogP contribution in [0.5, 0.6) is 5.75 Å². The van der Waals surface area contributed by atoms with Gasteiger partial charge in [-0.05, 0) is 44.9 Å². The Hall–Kier alpha value is -2.18. The molecule has 0 unspecified atom stereocenters. The van der Waals surface area contributed by atoms with Crippen molar-refractivity contribution in [2.75, 3.05) is 36.4 Å². The van der Waals surface area contributed by atoms with Crippen molar-refractivity contribution < 1.29 is 35.9 Å². The van der Waals surface area contributed by atoms with Gasteiger partial charge < -0.3 is 9.47 Å². The minimum absolute atomic E-state index is 0.0362. The smallest absolute Gasteiger partial charge is 0.309 e. The van der Waals surface area contributed by atoms with E-state index in [0.29, 0.717) is 17.1 Å². The highest BCUT2D eigenvalue weighted by Crippen LogP contribution is 2.35. The summed E-state index contributed by atoms with van der Waals surface area (Å²) in [5.41, 5.74) is -0.0362. The molecule has 31 heavy (non-hydrogen) atoms. The van der Waals surface area contributed by atoms with Crippen LogP contribution in [0.25, 0.3) is 0 Å². The molecule has 2 saturated heterocycles. The Balaban J connectivity index is 1.93. The van der Waals surface area contributed by atoms with E-state index in [1.54, 1.807) is 13.8 Å². The van der Waals surface area contributed by atoms with Crippen molar-refractivity contribution in [2.45, 2.75) is 38.0 Å². The van der Waals surface area contributed by atoms with E-state index in [1.807, 2.05) is 0 Å². The molecule has 0 N–H and O–H groups in total. The molecule has 2 aliphatic heterocycles. The average Bonchev–Trinajstić information content (AvgIpc) is 3.01. The number of anilines is 1.